The minimum Gasteiger partial charge on any atom is -0.389 e. The molecular weight excluding hydrogens is 210 g/mol. The fourth-order valence-electron chi connectivity index (χ4n) is 0.923. The molecule has 2 unspecified atom stereocenters. The molecule has 2 N–H and O–H groups in total. The van der Waals surface area contributed by atoms with Crippen molar-refractivity contribution >= 4 is 24.2 Å². The number of rotatable bonds is 3. The lowest BCUT2D eigenvalue weighted by atomic mass is 10.1. The molecular formula is C8H10ClNO2S. The molecule has 1 aromatic heterocycles. The van der Waals surface area contributed by atoms with Crippen LogP contribution in [-0.2, 0) is 0 Å². The van der Waals surface area contributed by atoms with Crippen molar-refractivity contribution in [2.45, 2.75) is 12.2 Å². The number of aliphatic hydroxyl groups is 2. The van der Waals surface area contributed by atoms with Crippen LogP contribution < -0.4 is 0 Å². The molecule has 1 heterocycles. The second kappa shape index (κ2) is 4.81. The van der Waals surface area contributed by atoms with E-state index in [-0.39, 0.29) is 5.75 Å². The Morgan fingerprint density at radius 3 is 2.77 bits per heavy atom. The molecule has 1 rings (SSSR count). The van der Waals surface area contributed by atoms with E-state index in [4.69, 9.17) is 11.6 Å². The van der Waals surface area contributed by atoms with E-state index in [2.05, 4.69) is 17.6 Å². The van der Waals surface area contributed by atoms with Crippen LogP contribution in [0.5, 0.6) is 0 Å². The molecule has 0 spiro atoms. The van der Waals surface area contributed by atoms with Crippen LogP contribution >= 0.6 is 24.2 Å². The topological polar surface area (TPSA) is 53.4 Å². The van der Waals surface area contributed by atoms with Crippen molar-refractivity contribution in [3.8, 4) is 0 Å². The molecule has 0 aromatic carbocycles. The molecule has 0 radical (unpaired) electrons. The van der Waals surface area contributed by atoms with Crippen LogP contribution in [0.25, 0.3) is 0 Å². The highest BCUT2D eigenvalue weighted by molar-refractivity contribution is 7.80. The van der Waals surface area contributed by atoms with Gasteiger partial charge in [-0.05, 0) is 17.7 Å². The minimum atomic E-state index is -0.960. The lowest BCUT2D eigenvalue weighted by molar-refractivity contribution is 0.0337. The summed E-state index contributed by atoms with van der Waals surface area (Å²) < 4.78 is 0. The van der Waals surface area contributed by atoms with Gasteiger partial charge in [0.25, 0.3) is 0 Å². The largest absolute Gasteiger partial charge is 0.389 e. The molecule has 0 saturated carbocycles. The lowest BCUT2D eigenvalue weighted by Gasteiger charge is -2.15. The smallest absolute Gasteiger partial charge is 0.129 e. The Kier molecular flexibility index (Phi) is 3.99. The van der Waals surface area contributed by atoms with Crippen LogP contribution in [0.2, 0.25) is 5.15 Å². The van der Waals surface area contributed by atoms with Gasteiger partial charge in [0.05, 0.1) is 6.10 Å². The highest BCUT2D eigenvalue weighted by atomic mass is 35.5. The molecule has 2 atom stereocenters. The predicted molar refractivity (Wildman–Crippen MR) is 54.1 cm³/mol. The molecule has 13 heavy (non-hydrogen) atoms. The molecule has 1 aromatic rings. The van der Waals surface area contributed by atoms with Gasteiger partial charge in [0.15, 0.2) is 0 Å². The Morgan fingerprint density at radius 1 is 1.54 bits per heavy atom. The summed E-state index contributed by atoms with van der Waals surface area (Å²) >= 11 is 9.49. The van der Waals surface area contributed by atoms with E-state index in [9.17, 15) is 10.2 Å². The Morgan fingerprint density at radius 2 is 2.23 bits per heavy atom. The van der Waals surface area contributed by atoms with Gasteiger partial charge in [-0.25, -0.2) is 4.98 Å². The Balaban J connectivity index is 2.82. The maximum absolute atomic E-state index is 9.53. The second-order valence-corrected chi connectivity index (χ2v) is 3.36. The first-order chi connectivity index (χ1) is 6.15. The van der Waals surface area contributed by atoms with E-state index < -0.39 is 12.2 Å². The maximum Gasteiger partial charge on any atom is 0.129 e. The average molecular weight is 220 g/mol. The summed E-state index contributed by atoms with van der Waals surface area (Å²) in [5, 5.41) is 19.1. The Labute approximate surface area is 86.8 Å². The quantitative estimate of drug-likeness (QED) is 0.527. The molecule has 0 amide bonds. The van der Waals surface area contributed by atoms with Crippen molar-refractivity contribution in [2.24, 2.45) is 0 Å². The van der Waals surface area contributed by atoms with Crippen molar-refractivity contribution in [1.82, 2.24) is 4.98 Å². The van der Waals surface area contributed by atoms with Crippen molar-refractivity contribution < 1.29 is 10.2 Å². The van der Waals surface area contributed by atoms with Crippen LogP contribution in [0, 0.1) is 0 Å². The zero-order chi connectivity index (χ0) is 9.84. The first-order valence-corrected chi connectivity index (χ1v) is 4.74. The molecule has 0 saturated heterocycles. The van der Waals surface area contributed by atoms with Gasteiger partial charge in [0.1, 0.15) is 11.3 Å². The second-order valence-electron chi connectivity index (χ2n) is 2.61. The number of aliphatic hydroxyl groups excluding tert-OH is 2. The maximum atomic E-state index is 9.53. The van der Waals surface area contributed by atoms with Gasteiger partial charge in [-0.2, -0.15) is 12.6 Å². The van der Waals surface area contributed by atoms with Crippen molar-refractivity contribution in [2.75, 3.05) is 5.75 Å². The Bertz CT molecular complexity index is 285. The van der Waals surface area contributed by atoms with E-state index in [0.717, 1.165) is 0 Å². The van der Waals surface area contributed by atoms with Gasteiger partial charge in [0, 0.05) is 11.9 Å². The summed E-state index contributed by atoms with van der Waals surface area (Å²) in [7, 11) is 0. The van der Waals surface area contributed by atoms with Crippen LogP contribution in [0.1, 0.15) is 11.7 Å². The minimum absolute atomic E-state index is 0.196. The molecule has 0 aliphatic heterocycles. The van der Waals surface area contributed by atoms with Crippen LogP contribution in [-0.4, -0.2) is 27.1 Å². The molecule has 0 fully saturated rings. The SMILES string of the molecule is OC(CS)C(O)c1ccnc(Cl)c1. The van der Waals surface area contributed by atoms with E-state index in [1.165, 1.54) is 12.3 Å². The molecule has 0 bridgehead atoms. The summed E-state index contributed by atoms with van der Waals surface area (Å²) in [5.74, 6) is 0.196. The van der Waals surface area contributed by atoms with Gasteiger partial charge < -0.3 is 10.2 Å². The number of hydrogen-bond acceptors (Lipinski definition) is 4. The molecule has 5 heteroatoms. The average Bonchev–Trinajstić information content (AvgIpc) is 2.15. The van der Waals surface area contributed by atoms with E-state index in [1.807, 2.05) is 0 Å². The number of nitrogens with zero attached hydrogens (tertiary/aromatic N) is 1. The van der Waals surface area contributed by atoms with E-state index >= 15 is 0 Å². The summed E-state index contributed by atoms with van der Waals surface area (Å²) in [6, 6.07) is 3.11. The number of thiol groups is 1. The number of pyridine rings is 1. The van der Waals surface area contributed by atoms with Crippen LogP contribution in [0.4, 0.5) is 0 Å². The van der Waals surface area contributed by atoms with E-state index in [0.29, 0.717) is 10.7 Å². The number of halogens is 1. The number of hydrogen-bond donors (Lipinski definition) is 3. The number of aromatic nitrogens is 1. The van der Waals surface area contributed by atoms with Crippen molar-refractivity contribution in [1.29, 1.82) is 0 Å². The third-order valence-corrected chi connectivity index (χ3v) is 2.22. The summed E-state index contributed by atoms with van der Waals surface area (Å²) in [6.07, 6.45) is -0.369. The highest BCUT2D eigenvalue weighted by Gasteiger charge is 2.16. The van der Waals surface area contributed by atoms with Crippen LogP contribution in [0.15, 0.2) is 18.3 Å². The normalized spacial score (nSPS) is 15.4. The monoisotopic (exact) mass is 219 g/mol. The summed E-state index contributed by atoms with van der Waals surface area (Å²) in [6.45, 7) is 0. The third kappa shape index (κ3) is 2.84. The first kappa shape index (κ1) is 10.8. The van der Waals surface area contributed by atoms with Gasteiger partial charge >= 0.3 is 0 Å². The fourth-order valence-corrected chi connectivity index (χ4v) is 1.31. The zero-order valence-corrected chi connectivity index (χ0v) is 8.41. The third-order valence-electron chi connectivity index (χ3n) is 1.64. The fraction of sp³-hybridized carbons (Fsp3) is 0.375. The summed E-state index contributed by atoms with van der Waals surface area (Å²) in [4.78, 5) is 3.76. The lowest BCUT2D eigenvalue weighted by Crippen LogP contribution is -2.19. The Hall–Kier alpha value is -0.290. The first-order valence-electron chi connectivity index (χ1n) is 3.73. The highest BCUT2D eigenvalue weighted by Crippen LogP contribution is 2.19. The molecule has 0 aliphatic rings. The molecule has 0 aliphatic carbocycles. The molecule has 3 nitrogen and oxygen atoms in total. The van der Waals surface area contributed by atoms with Crippen molar-refractivity contribution in [3.63, 3.8) is 0 Å². The summed E-state index contributed by atoms with van der Waals surface area (Å²) in [5.41, 5.74) is 0.543. The predicted octanol–water partition coefficient (Wildman–Crippen LogP) is 1.06. The van der Waals surface area contributed by atoms with Gasteiger partial charge in [-0.15, -0.1) is 0 Å². The standard InChI is InChI=1S/C8H10ClNO2S/c9-7-3-5(1-2-10-7)8(12)6(11)4-13/h1-3,6,8,11-13H,4H2. The molecule has 72 valence electrons. The van der Waals surface area contributed by atoms with Gasteiger partial charge in [-0.3, -0.25) is 0 Å². The van der Waals surface area contributed by atoms with Gasteiger partial charge in [-0.1, -0.05) is 11.6 Å². The van der Waals surface area contributed by atoms with Gasteiger partial charge in [0.2, 0.25) is 0 Å². The van der Waals surface area contributed by atoms with E-state index in [1.54, 1.807) is 6.07 Å². The zero-order valence-electron chi connectivity index (χ0n) is 6.76. The van der Waals surface area contributed by atoms with Crippen LogP contribution in [0.3, 0.4) is 0 Å². The van der Waals surface area contributed by atoms with Crippen molar-refractivity contribution in [3.05, 3.63) is 29.0 Å².